The first-order valence-corrected chi connectivity index (χ1v) is 14.0. The van der Waals surface area contributed by atoms with Crippen molar-refractivity contribution in [1.82, 2.24) is 15.0 Å². The van der Waals surface area contributed by atoms with E-state index in [9.17, 15) is 10.2 Å². The minimum atomic E-state index is -1.32. The summed E-state index contributed by atoms with van der Waals surface area (Å²) in [6.07, 6.45) is 0.946. The first-order valence-electron chi connectivity index (χ1n) is 13.2. The second kappa shape index (κ2) is 11.5. The Morgan fingerprint density at radius 1 is 1.02 bits per heavy atom. The highest BCUT2D eigenvalue weighted by atomic mass is 32.1. The van der Waals surface area contributed by atoms with Crippen LogP contribution in [0.5, 0.6) is 11.5 Å². The third-order valence-electron chi connectivity index (χ3n) is 6.87. The lowest BCUT2D eigenvalue weighted by atomic mass is 10.1. The molecule has 1 fully saturated rings. The number of hydrogen-bond acceptors (Lipinski definition) is 11. The fourth-order valence-electron chi connectivity index (χ4n) is 5.15. The summed E-state index contributed by atoms with van der Waals surface area (Å²) in [4.78, 5) is 14.6. The molecule has 2 heterocycles. The van der Waals surface area contributed by atoms with Gasteiger partial charge in [-0.1, -0.05) is 18.2 Å². The number of fused-ring (bicyclic) bond motifs is 1. The van der Waals surface area contributed by atoms with Crippen LogP contribution in [0, 0.1) is 12.8 Å². The largest absolute Gasteiger partial charge is 0.493 e. The van der Waals surface area contributed by atoms with Crippen LogP contribution in [0.4, 0.5) is 17.5 Å². The Morgan fingerprint density at radius 2 is 1.82 bits per heavy atom. The molecule has 11 heteroatoms. The van der Waals surface area contributed by atoms with Gasteiger partial charge in [-0.05, 0) is 63.8 Å². The molecule has 5 rings (SSSR count). The Labute approximate surface area is 237 Å². The van der Waals surface area contributed by atoms with Crippen LogP contribution in [0.15, 0.2) is 42.5 Å². The fourth-order valence-corrected chi connectivity index (χ4v) is 6.22. The fraction of sp³-hybridized carbons (Fsp3) is 0.414. The van der Waals surface area contributed by atoms with Gasteiger partial charge in [0.05, 0.1) is 53.5 Å². The Kier molecular flexibility index (Phi) is 8.09. The smallest absolute Gasteiger partial charge is 0.229 e. The molecule has 212 valence electrons. The van der Waals surface area contributed by atoms with Gasteiger partial charge in [-0.25, -0.2) is 9.97 Å². The van der Waals surface area contributed by atoms with Gasteiger partial charge in [-0.3, -0.25) is 0 Å². The van der Waals surface area contributed by atoms with Crippen molar-refractivity contribution in [2.75, 3.05) is 31.5 Å². The van der Waals surface area contributed by atoms with Crippen LogP contribution in [-0.4, -0.2) is 63.9 Å². The van der Waals surface area contributed by atoms with Gasteiger partial charge in [0.2, 0.25) is 5.95 Å². The molecule has 0 amide bonds. The number of aryl methyl sites for hydroxylation is 1. The van der Waals surface area contributed by atoms with Gasteiger partial charge in [0.25, 0.3) is 0 Å². The Balaban J connectivity index is 1.58. The second-order valence-electron chi connectivity index (χ2n) is 10.4. The van der Waals surface area contributed by atoms with E-state index in [0.29, 0.717) is 41.8 Å². The summed E-state index contributed by atoms with van der Waals surface area (Å²) in [6.45, 7) is 5.20. The maximum Gasteiger partial charge on any atom is 0.229 e. The summed E-state index contributed by atoms with van der Waals surface area (Å²) >= 11 is 1.57. The van der Waals surface area contributed by atoms with Gasteiger partial charge in [0.1, 0.15) is 10.8 Å². The number of nitrogens with one attached hydrogen (secondary N) is 2. The van der Waals surface area contributed by atoms with Crippen molar-refractivity contribution in [2.24, 2.45) is 5.92 Å². The average molecular weight is 566 g/mol. The van der Waals surface area contributed by atoms with E-state index in [2.05, 4.69) is 10.6 Å². The first kappa shape index (κ1) is 28.0. The summed E-state index contributed by atoms with van der Waals surface area (Å²) in [5, 5.41) is 28.0. The molecule has 1 saturated carbocycles. The summed E-state index contributed by atoms with van der Waals surface area (Å²) in [7, 11) is 3.17. The maximum atomic E-state index is 10.4. The van der Waals surface area contributed by atoms with E-state index in [1.54, 1.807) is 39.4 Å². The van der Waals surface area contributed by atoms with Gasteiger partial charge >= 0.3 is 0 Å². The molecular weight excluding hydrogens is 530 g/mol. The molecule has 0 saturated heterocycles. The number of hydrogen-bond donors (Lipinski definition) is 4. The van der Waals surface area contributed by atoms with Crippen molar-refractivity contribution >= 4 is 39.0 Å². The van der Waals surface area contributed by atoms with Crippen LogP contribution in [0.1, 0.15) is 32.4 Å². The normalized spacial score (nSPS) is 19.1. The highest BCUT2D eigenvalue weighted by Crippen LogP contribution is 2.40. The zero-order chi connectivity index (χ0) is 28.4. The number of aromatic nitrogens is 3. The van der Waals surface area contributed by atoms with Crippen LogP contribution in [-0.2, 0) is 4.74 Å². The number of aliphatic hydroxyl groups excluding tert-OH is 1. The number of benzene rings is 2. The molecule has 0 spiro atoms. The zero-order valence-electron chi connectivity index (χ0n) is 23.3. The molecule has 0 radical (unpaired) electrons. The zero-order valence-corrected chi connectivity index (χ0v) is 24.1. The first-order chi connectivity index (χ1) is 19.2. The number of aliphatic hydroxyl groups is 2. The molecule has 0 bridgehead atoms. The van der Waals surface area contributed by atoms with Crippen molar-refractivity contribution in [3.63, 3.8) is 0 Å². The van der Waals surface area contributed by atoms with E-state index in [4.69, 9.17) is 29.2 Å². The monoisotopic (exact) mass is 565 g/mol. The van der Waals surface area contributed by atoms with Crippen LogP contribution < -0.4 is 20.1 Å². The standard InChI is InChI=1S/C29H35N5O5S/c1-16-24(27-32-18-9-6-7-12-23(18)40-27)26(31-20-13-17(15-35)14-22(20)39-29(2,3)36)34-28(30-16)33-19-10-8-11-21(37-4)25(19)38-5/h6-12,17,20,22,35-36H,13-15H2,1-5H3,(H2,30,31,33,34)/t17-,20+,22+/m0/s1. The lowest BCUT2D eigenvalue weighted by Gasteiger charge is -2.29. The predicted molar refractivity (Wildman–Crippen MR) is 157 cm³/mol. The van der Waals surface area contributed by atoms with Crippen molar-refractivity contribution in [1.29, 1.82) is 0 Å². The van der Waals surface area contributed by atoms with Crippen molar-refractivity contribution in [2.45, 2.75) is 51.5 Å². The Morgan fingerprint density at radius 3 is 2.52 bits per heavy atom. The van der Waals surface area contributed by atoms with Crippen LogP contribution in [0.2, 0.25) is 0 Å². The number of methoxy groups -OCH3 is 2. The molecule has 0 unspecified atom stereocenters. The molecular formula is C29H35N5O5S. The van der Waals surface area contributed by atoms with Gasteiger partial charge in [0.15, 0.2) is 17.3 Å². The third kappa shape index (κ3) is 5.97. The highest BCUT2D eigenvalue weighted by Gasteiger charge is 2.38. The molecule has 1 aliphatic rings. The van der Waals surface area contributed by atoms with Crippen LogP contribution in [0.3, 0.4) is 0 Å². The van der Waals surface area contributed by atoms with E-state index in [1.165, 1.54) is 0 Å². The summed E-state index contributed by atoms with van der Waals surface area (Å²) < 4.78 is 18.1. The van der Waals surface area contributed by atoms with Crippen LogP contribution in [0.25, 0.3) is 20.8 Å². The lowest BCUT2D eigenvalue weighted by Crippen LogP contribution is -2.38. The molecule has 4 aromatic rings. The number of ether oxygens (including phenoxy) is 3. The number of rotatable bonds is 10. The molecule has 3 atom stereocenters. The molecule has 2 aromatic heterocycles. The van der Waals surface area contributed by atoms with Gasteiger partial charge in [-0.2, -0.15) is 4.98 Å². The van der Waals surface area contributed by atoms with E-state index in [-0.39, 0.29) is 24.7 Å². The maximum absolute atomic E-state index is 10.4. The molecule has 0 aliphatic heterocycles. The van der Waals surface area contributed by atoms with E-state index >= 15 is 0 Å². The number of thiazole rings is 1. The molecule has 1 aliphatic carbocycles. The molecule has 40 heavy (non-hydrogen) atoms. The topological polar surface area (TPSA) is 131 Å². The summed E-state index contributed by atoms with van der Waals surface area (Å²) in [5.74, 6) is 0.800. The van der Waals surface area contributed by atoms with E-state index in [1.807, 2.05) is 49.4 Å². The number of anilines is 3. The van der Waals surface area contributed by atoms with Gasteiger partial charge in [0, 0.05) is 6.61 Å². The quantitative estimate of drug-likeness (QED) is 0.192. The van der Waals surface area contributed by atoms with Crippen molar-refractivity contribution < 1.29 is 24.4 Å². The van der Waals surface area contributed by atoms with Crippen LogP contribution >= 0.6 is 11.3 Å². The Hall–Kier alpha value is -3.51. The molecule has 10 nitrogen and oxygen atoms in total. The number of para-hydroxylation sites is 2. The third-order valence-corrected chi connectivity index (χ3v) is 7.92. The lowest BCUT2D eigenvalue weighted by molar-refractivity contribution is -0.205. The predicted octanol–water partition coefficient (Wildman–Crippen LogP) is 5.12. The SMILES string of the molecule is COc1cccc(Nc2nc(C)c(-c3nc4ccccc4s3)c(N[C@@H]3C[C@H](CO)C[C@H]3OC(C)(C)O)n2)c1OC. The number of nitrogens with zero attached hydrogens (tertiary/aromatic N) is 3. The van der Waals surface area contributed by atoms with E-state index in [0.717, 1.165) is 26.5 Å². The molecule has 2 aromatic carbocycles. The second-order valence-corrected chi connectivity index (χ2v) is 11.4. The Bertz CT molecular complexity index is 1450. The average Bonchev–Trinajstić information content (AvgIpc) is 3.50. The van der Waals surface area contributed by atoms with Gasteiger partial charge in [-0.15, -0.1) is 11.3 Å². The minimum Gasteiger partial charge on any atom is -0.493 e. The van der Waals surface area contributed by atoms with Crippen molar-refractivity contribution in [3.8, 4) is 22.1 Å². The highest BCUT2D eigenvalue weighted by molar-refractivity contribution is 7.21. The van der Waals surface area contributed by atoms with Crippen molar-refractivity contribution in [3.05, 3.63) is 48.2 Å². The molecule has 4 N–H and O–H groups in total. The van der Waals surface area contributed by atoms with E-state index < -0.39 is 5.79 Å². The van der Waals surface area contributed by atoms with Gasteiger partial charge < -0.3 is 35.1 Å². The summed E-state index contributed by atoms with van der Waals surface area (Å²) in [5.41, 5.74) is 3.08. The summed E-state index contributed by atoms with van der Waals surface area (Å²) in [6, 6.07) is 13.3. The minimum absolute atomic E-state index is 0.0392.